The van der Waals surface area contributed by atoms with Gasteiger partial charge in [-0.05, 0) is 68.9 Å². The Morgan fingerprint density at radius 1 is 1.10 bits per heavy atom. The summed E-state index contributed by atoms with van der Waals surface area (Å²) in [6.07, 6.45) is 14.3. The molecule has 2 aliphatic rings. The molecule has 6 heteroatoms. The van der Waals surface area contributed by atoms with Crippen LogP contribution in [0.3, 0.4) is 0 Å². The second kappa shape index (κ2) is 10.4. The number of carbonyl (C=O) groups excluding carboxylic acids is 2. The number of rotatable bonds is 8. The van der Waals surface area contributed by atoms with E-state index in [0.717, 1.165) is 38.4 Å². The van der Waals surface area contributed by atoms with Crippen molar-refractivity contribution in [1.82, 2.24) is 0 Å². The number of allylic oxidation sites excluding steroid dienone is 4. The molecule has 2 unspecified atom stereocenters. The molecule has 2 atom stereocenters. The normalized spacial score (nSPS) is 24.5. The van der Waals surface area contributed by atoms with E-state index in [1.807, 2.05) is 0 Å². The zero-order valence-corrected chi connectivity index (χ0v) is 19.1. The van der Waals surface area contributed by atoms with Crippen LogP contribution < -0.4 is 0 Å². The highest BCUT2D eigenvalue weighted by atomic mass is 32.2. The van der Waals surface area contributed by atoms with Crippen molar-refractivity contribution in [1.29, 1.82) is 0 Å². The Kier molecular flexibility index (Phi) is 7.87. The van der Waals surface area contributed by atoms with Crippen molar-refractivity contribution in [3.8, 4) is 0 Å². The van der Waals surface area contributed by atoms with Crippen molar-refractivity contribution in [2.24, 2.45) is 23.7 Å². The van der Waals surface area contributed by atoms with Crippen LogP contribution in [0.5, 0.6) is 0 Å². The summed E-state index contributed by atoms with van der Waals surface area (Å²) in [4.78, 5) is 26.2. The molecule has 5 nitrogen and oxygen atoms in total. The van der Waals surface area contributed by atoms with Gasteiger partial charge < -0.3 is 4.74 Å². The van der Waals surface area contributed by atoms with Gasteiger partial charge in [-0.2, -0.15) is 0 Å². The summed E-state index contributed by atoms with van der Waals surface area (Å²) in [5, 5.41) is 0. The van der Waals surface area contributed by atoms with Crippen LogP contribution in [0.25, 0.3) is 0 Å². The maximum Gasteiger partial charge on any atom is 0.316 e. The third kappa shape index (κ3) is 5.94. The number of sulfone groups is 1. The topological polar surface area (TPSA) is 77.5 Å². The largest absolute Gasteiger partial charge is 0.465 e. The maximum atomic E-state index is 13.4. The Balaban J connectivity index is 1.74. The van der Waals surface area contributed by atoms with Crippen molar-refractivity contribution >= 4 is 21.6 Å². The minimum atomic E-state index is -3.46. The first-order valence-electron chi connectivity index (χ1n) is 11.1. The number of Topliss-reactive ketones (excluding diaryl/α,β-unsaturated/α-hetero) is 1. The minimum absolute atomic E-state index is 0.0526. The van der Waals surface area contributed by atoms with E-state index in [1.54, 1.807) is 25.1 Å². The van der Waals surface area contributed by atoms with Gasteiger partial charge in [-0.3, -0.25) is 9.59 Å². The molecule has 1 fully saturated rings. The Morgan fingerprint density at radius 2 is 1.81 bits per heavy atom. The SMILES string of the molecule is CCOC(=O)C(Cc1ccccc1S(C)(=O)=O)C(=O)C1CCC(C2C=CC=CC2)CC1. The standard InChI is InChI=1S/C25H32O5S/c1-3-30-25(27)22(17-21-11-7-8-12-23(21)31(2,28)29)24(26)20-15-13-19(14-16-20)18-9-5-4-6-10-18/h4-9,11-12,18-20,22H,3,10,13-17H2,1-2H3. The number of hydrogen-bond acceptors (Lipinski definition) is 5. The van der Waals surface area contributed by atoms with Crippen LogP contribution in [0.15, 0.2) is 53.5 Å². The summed E-state index contributed by atoms with van der Waals surface area (Å²) in [6.45, 7) is 1.89. The zero-order chi connectivity index (χ0) is 22.4. The highest BCUT2D eigenvalue weighted by molar-refractivity contribution is 7.90. The molecule has 0 amide bonds. The molecule has 0 radical (unpaired) electrons. The molecule has 3 rings (SSSR count). The minimum Gasteiger partial charge on any atom is -0.465 e. The van der Waals surface area contributed by atoms with Gasteiger partial charge in [0.25, 0.3) is 0 Å². The molecule has 0 spiro atoms. The van der Waals surface area contributed by atoms with Crippen molar-refractivity contribution in [3.63, 3.8) is 0 Å². The smallest absolute Gasteiger partial charge is 0.316 e. The van der Waals surface area contributed by atoms with Gasteiger partial charge in [-0.15, -0.1) is 0 Å². The average molecular weight is 445 g/mol. The van der Waals surface area contributed by atoms with Crippen LogP contribution in [0.1, 0.15) is 44.6 Å². The Morgan fingerprint density at radius 3 is 2.42 bits per heavy atom. The van der Waals surface area contributed by atoms with Crippen LogP contribution in [-0.2, 0) is 30.6 Å². The number of hydrogen-bond donors (Lipinski definition) is 0. The quantitative estimate of drug-likeness (QED) is 0.441. The highest BCUT2D eigenvalue weighted by Gasteiger charge is 2.37. The van der Waals surface area contributed by atoms with E-state index < -0.39 is 21.7 Å². The van der Waals surface area contributed by atoms with Crippen molar-refractivity contribution in [3.05, 3.63) is 54.1 Å². The van der Waals surface area contributed by atoms with Gasteiger partial charge in [0.2, 0.25) is 0 Å². The number of ether oxygens (including phenoxy) is 1. The summed E-state index contributed by atoms with van der Waals surface area (Å²) in [6, 6.07) is 6.58. The van der Waals surface area contributed by atoms with Crippen molar-refractivity contribution in [2.75, 3.05) is 12.9 Å². The fourth-order valence-electron chi connectivity index (χ4n) is 4.86. The highest BCUT2D eigenvalue weighted by Crippen LogP contribution is 2.38. The molecule has 0 bridgehead atoms. The van der Waals surface area contributed by atoms with Crippen LogP contribution in [0.4, 0.5) is 0 Å². The van der Waals surface area contributed by atoms with Gasteiger partial charge in [0, 0.05) is 12.2 Å². The second-order valence-electron chi connectivity index (χ2n) is 8.62. The molecule has 1 aromatic carbocycles. The van der Waals surface area contributed by atoms with Crippen LogP contribution >= 0.6 is 0 Å². The van der Waals surface area contributed by atoms with E-state index in [0.29, 0.717) is 17.4 Å². The predicted molar refractivity (Wildman–Crippen MR) is 120 cm³/mol. The van der Waals surface area contributed by atoms with Gasteiger partial charge in [0.15, 0.2) is 15.6 Å². The monoisotopic (exact) mass is 444 g/mol. The van der Waals surface area contributed by atoms with Gasteiger partial charge in [0.05, 0.1) is 11.5 Å². The lowest BCUT2D eigenvalue weighted by molar-refractivity contribution is -0.153. The molecule has 0 aromatic heterocycles. The molecular formula is C25H32O5S. The van der Waals surface area contributed by atoms with Gasteiger partial charge in [-0.25, -0.2) is 8.42 Å². The molecule has 31 heavy (non-hydrogen) atoms. The lowest BCUT2D eigenvalue weighted by atomic mass is 9.71. The molecule has 0 N–H and O–H groups in total. The summed E-state index contributed by atoms with van der Waals surface area (Å²) in [5.74, 6) is -0.723. The van der Waals surface area contributed by atoms with Crippen LogP contribution in [-0.4, -0.2) is 33.0 Å². The fourth-order valence-corrected chi connectivity index (χ4v) is 5.82. The number of esters is 1. The van der Waals surface area contributed by atoms with E-state index in [2.05, 4.69) is 24.3 Å². The first kappa shape index (κ1) is 23.5. The first-order chi connectivity index (χ1) is 14.8. The fraction of sp³-hybridized carbons (Fsp3) is 0.520. The van der Waals surface area contributed by atoms with E-state index in [9.17, 15) is 18.0 Å². The summed E-state index contributed by atoms with van der Waals surface area (Å²) < 4.78 is 29.6. The van der Waals surface area contributed by atoms with Gasteiger partial charge in [-0.1, -0.05) is 42.5 Å². The zero-order valence-electron chi connectivity index (χ0n) is 18.3. The van der Waals surface area contributed by atoms with Crippen molar-refractivity contribution in [2.45, 2.75) is 50.3 Å². The van der Waals surface area contributed by atoms with Crippen LogP contribution in [0, 0.1) is 23.7 Å². The Hall–Kier alpha value is -2.21. The molecule has 168 valence electrons. The predicted octanol–water partition coefficient (Wildman–Crippen LogP) is 4.32. The lowest BCUT2D eigenvalue weighted by Gasteiger charge is -2.33. The third-order valence-electron chi connectivity index (χ3n) is 6.50. The number of carbonyl (C=O) groups is 2. The van der Waals surface area contributed by atoms with Crippen LogP contribution in [0.2, 0.25) is 0 Å². The molecular weight excluding hydrogens is 412 g/mol. The van der Waals surface area contributed by atoms with Gasteiger partial charge >= 0.3 is 5.97 Å². The Bertz CT molecular complexity index is 952. The van der Waals surface area contributed by atoms with E-state index >= 15 is 0 Å². The maximum absolute atomic E-state index is 13.4. The second-order valence-corrected chi connectivity index (χ2v) is 10.6. The summed E-state index contributed by atoms with van der Waals surface area (Å²) >= 11 is 0. The van der Waals surface area contributed by atoms with E-state index in [1.165, 1.54) is 6.07 Å². The molecule has 1 aromatic rings. The van der Waals surface area contributed by atoms with Crippen molar-refractivity contribution < 1.29 is 22.7 Å². The first-order valence-corrected chi connectivity index (χ1v) is 13.0. The summed E-state index contributed by atoms with van der Waals surface area (Å²) in [7, 11) is -3.46. The molecule has 1 saturated carbocycles. The van der Waals surface area contributed by atoms with Gasteiger partial charge in [0.1, 0.15) is 5.92 Å². The molecule has 0 aliphatic heterocycles. The summed E-state index contributed by atoms with van der Waals surface area (Å²) in [5.41, 5.74) is 0.490. The number of benzene rings is 1. The molecule has 0 heterocycles. The molecule has 0 saturated heterocycles. The average Bonchev–Trinajstić information content (AvgIpc) is 2.77. The number of ketones is 1. The Labute approximate surface area is 185 Å². The third-order valence-corrected chi connectivity index (χ3v) is 7.70. The van der Waals surface area contributed by atoms with E-state index in [-0.39, 0.29) is 29.6 Å². The lowest BCUT2D eigenvalue weighted by Crippen LogP contribution is -2.35. The van der Waals surface area contributed by atoms with E-state index in [4.69, 9.17) is 4.74 Å². The molecule has 2 aliphatic carbocycles.